The van der Waals surface area contributed by atoms with Crippen LogP contribution in [0.4, 0.5) is 24.7 Å². The van der Waals surface area contributed by atoms with Gasteiger partial charge in [-0.2, -0.15) is 13.2 Å². The molecular formula is C11H13ClF3N3. The van der Waals surface area contributed by atoms with Gasteiger partial charge in [0.05, 0.1) is 22.8 Å². The SMILES string of the molecule is Nc1cnc(N2CCCC(C(F)(F)F)C2)c(Cl)c1. The number of aromatic nitrogens is 1. The van der Waals surface area contributed by atoms with E-state index in [1.807, 2.05) is 0 Å². The van der Waals surface area contributed by atoms with Crippen molar-refractivity contribution in [3.8, 4) is 0 Å². The van der Waals surface area contributed by atoms with Gasteiger partial charge in [-0.25, -0.2) is 4.98 Å². The zero-order valence-corrected chi connectivity index (χ0v) is 10.3. The van der Waals surface area contributed by atoms with E-state index >= 15 is 0 Å². The number of rotatable bonds is 1. The topological polar surface area (TPSA) is 42.1 Å². The standard InChI is InChI=1S/C11H13ClF3N3/c12-9-4-8(16)5-17-10(9)18-3-1-2-7(6-18)11(13,14)15/h4-5,7H,1-3,6,16H2. The summed E-state index contributed by atoms with van der Waals surface area (Å²) in [5.74, 6) is -0.943. The fourth-order valence-electron chi connectivity index (χ4n) is 2.11. The third kappa shape index (κ3) is 2.80. The summed E-state index contributed by atoms with van der Waals surface area (Å²) in [6.07, 6.45) is -2.13. The molecule has 0 saturated carbocycles. The summed E-state index contributed by atoms with van der Waals surface area (Å²) < 4.78 is 38.1. The molecule has 2 rings (SSSR count). The lowest BCUT2D eigenvalue weighted by atomic mass is 9.97. The highest BCUT2D eigenvalue weighted by Gasteiger charge is 2.42. The van der Waals surface area contributed by atoms with Gasteiger partial charge in [0.25, 0.3) is 0 Å². The van der Waals surface area contributed by atoms with Crippen LogP contribution in [0, 0.1) is 5.92 Å². The number of halogens is 4. The molecule has 18 heavy (non-hydrogen) atoms. The molecule has 100 valence electrons. The number of alkyl halides is 3. The van der Waals surface area contributed by atoms with Crippen LogP contribution in [-0.2, 0) is 0 Å². The van der Waals surface area contributed by atoms with E-state index in [2.05, 4.69) is 4.98 Å². The average Bonchev–Trinajstić information content (AvgIpc) is 2.28. The first kappa shape index (κ1) is 13.3. The molecular weight excluding hydrogens is 267 g/mol. The first-order valence-electron chi connectivity index (χ1n) is 5.60. The number of piperidine rings is 1. The van der Waals surface area contributed by atoms with Crippen molar-refractivity contribution in [3.63, 3.8) is 0 Å². The second kappa shape index (κ2) is 4.84. The molecule has 2 heterocycles. The van der Waals surface area contributed by atoms with Crippen LogP contribution in [0.3, 0.4) is 0 Å². The minimum absolute atomic E-state index is 0.0971. The van der Waals surface area contributed by atoms with Crippen LogP contribution >= 0.6 is 11.6 Å². The molecule has 0 radical (unpaired) electrons. The summed E-state index contributed by atoms with van der Waals surface area (Å²) in [6.45, 7) is 0.434. The summed E-state index contributed by atoms with van der Waals surface area (Å²) >= 11 is 5.96. The molecule has 3 nitrogen and oxygen atoms in total. The maximum Gasteiger partial charge on any atom is 0.393 e. The summed E-state index contributed by atoms with van der Waals surface area (Å²) in [5.41, 5.74) is 5.90. The third-order valence-corrected chi connectivity index (χ3v) is 3.30. The van der Waals surface area contributed by atoms with Crippen LogP contribution in [0.5, 0.6) is 0 Å². The van der Waals surface area contributed by atoms with Crippen molar-refractivity contribution in [3.05, 3.63) is 17.3 Å². The minimum Gasteiger partial charge on any atom is -0.397 e. The smallest absolute Gasteiger partial charge is 0.393 e. The number of nitrogen functional groups attached to an aromatic ring is 1. The van der Waals surface area contributed by atoms with Crippen LogP contribution in [0.2, 0.25) is 5.02 Å². The second-order valence-electron chi connectivity index (χ2n) is 4.40. The highest BCUT2D eigenvalue weighted by molar-refractivity contribution is 6.33. The third-order valence-electron chi connectivity index (χ3n) is 3.03. The van der Waals surface area contributed by atoms with Crippen molar-refractivity contribution in [2.24, 2.45) is 5.92 Å². The number of hydrogen-bond donors (Lipinski definition) is 1. The molecule has 1 aliphatic heterocycles. The summed E-state index contributed by atoms with van der Waals surface area (Å²) in [6, 6.07) is 1.50. The van der Waals surface area contributed by atoms with Crippen LogP contribution < -0.4 is 10.6 Å². The molecule has 1 fully saturated rings. The zero-order chi connectivity index (χ0) is 13.3. The lowest BCUT2D eigenvalue weighted by Crippen LogP contribution is -2.42. The molecule has 0 aromatic carbocycles. The molecule has 0 amide bonds. The van der Waals surface area contributed by atoms with Gasteiger partial charge >= 0.3 is 6.18 Å². The molecule has 0 spiro atoms. The molecule has 0 aliphatic carbocycles. The Balaban J connectivity index is 2.18. The molecule has 2 N–H and O–H groups in total. The number of hydrogen-bond acceptors (Lipinski definition) is 3. The van der Waals surface area contributed by atoms with E-state index in [0.29, 0.717) is 24.5 Å². The first-order chi connectivity index (χ1) is 8.38. The Morgan fingerprint density at radius 3 is 2.78 bits per heavy atom. The quantitative estimate of drug-likeness (QED) is 0.859. The molecule has 1 aromatic heterocycles. The Kier molecular flexibility index (Phi) is 3.56. The fraction of sp³-hybridized carbons (Fsp3) is 0.545. The van der Waals surface area contributed by atoms with Gasteiger partial charge in [0.15, 0.2) is 0 Å². The summed E-state index contributed by atoms with van der Waals surface area (Å²) in [4.78, 5) is 5.59. The molecule has 1 aromatic rings. The maximum absolute atomic E-state index is 12.7. The van der Waals surface area contributed by atoms with Gasteiger partial charge in [-0.05, 0) is 18.9 Å². The predicted octanol–water partition coefficient (Wildman–Crippen LogP) is 3.10. The predicted molar refractivity (Wildman–Crippen MR) is 64.7 cm³/mol. The monoisotopic (exact) mass is 279 g/mol. The number of nitrogens with two attached hydrogens (primary N) is 1. The molecule has 7 heteroatoms. The van der Waals surface area contributed by atoms with E-state index in [1.54, 1.807) is 4.90 Å². The van der Waals surface area contributed by atoms with Crippen molar-refractivity contribution >= 4 is 23.1 Å². The van der Waals surface area contributed by atoms with E-state index in [-0.39, 0.29) is 18.0 Å². The largest absolute Gasteiger partial charge is 0.397 e. The van der Waals surface area contributed by atoms with E-state index in [4.69, 9.17) is 17.3 Å². The summed E-state index contributed by atoms with van der Waals surface area (Å²) in [5, 5.41) is 0.290. The Morgan fingerprint density at radius 1 is 1.44 bits per heavy atom. The van der Waals surface area contributed by atoms with E-state index in [1.165, 1.54) is 12.3 Å². The van der Waals surface area contributed by atoms with Crippen LogP contribution in [0.25, 0.3) is 0 Å². The van der Waals surface area contributed by atoms with Crippen molar-refractivity contribution in [1.82, 2.24) is 4.98 Å². The van der Waals surface area contributed by atoms with E-state index < -0.39 is 12.1 Å². The summed E-state index contributed by atoms with van der Waals surface area (Å²) in [7, 11) is 0. The van der Waals surface area contributed by atoms with Crippen molar-refractivity contribution in [2.75, 3.05) is 23.7 Å². The van der Waals surface area contributed by atoms with E-state index in [0.717, 1.165) is 0 Å². The lowest BCUT2D eigenvalue weighted by molar-refractivity contribution is -0.176. The lowest BCUT2D eigenvalue weighted by Gasteiger charge is -2.34. The van der Waals surface area contributed by atoms with Gasteiger partial charge in [-0.1, -0.05) is 11.6 Å². The Bertz CT molecular complexity index is 436. The fourth-order valence-corrected chi connectivity index (χ4v) is 2.41. The van der Waals surface area contributed by atoms with Crippen LogP contribution in [-0.4, -0.2) is 24.2 Å². The first-order valence-corrected chi connectivity index (χ1v) is 5.98. The molecule has 0 bridgehead atoms. The number of pyridine rings is 1. The van der Waals surface area contributed by atoms with Crippen LogP contribution in [0.15, 0.2) is 12.3 Å². The van der Waals surface area contributed by atoms with Gasteiger partial charge in [0.2, 0.25) is 0 Å². The van der Waals surface area contributed by atoms with Crippen molar-refractivity contribution < 1.29 is 13.2 Å². The van der Waals surface area contributed by atoms with Crippen molar-refractivity contribution in [2.45, 2.75) is 19.0 Å². The average molecular weight is 280 g/mol. The Hall–Kier alpha value is -1.17. The van der Waals surface area contributed by atoms with Gasteiger partial charge in [0.1, 0.15) is 5.82 Å². The molecule has 1 saturated heterocycles. The van der Waals surface area contributed by atoms with Crippen LogP contribution in [0.1, 0.15) is 12.8 Å². The van der Waals surface area contributed by atoms with Gasteiger partial charge in [0, 0.05) is 13.1 Å². The minimum atomic E-state index is -4.17. The van der Waals surface area contributed by atoms with Gasteiger partial charge < -0.3 is 10.6 Å². The normalized spacial score (nSPS) is 21.1. The highest BCUT2D eigenvalue weighted by Crippen LogP contribution is 2.36. The molecule has 1 aliphatic rings. The Labute approximate surface area is 108 Å². The maximum atomic E-state index is 12.7. The zero-order valence-electron chi connectivity index (χ0n) is 9.54. The number of nitrogens with zero attached hydrogens (tertiary/aromatic N) is 2. The number of anilines is 2. The molecule has 1 unspecified atom stereocenters. The highest BCUT2D eigenvalue weighted by atomic mass is 35.5. The van der Waals surface area contributed by atoms with Gasteiger partial charge in [-0.3, -0.25) is 0 Å². The van der Waals surface area contributed by atoms with E-state index in [9.17, 15) is 13.2 Å². The Morgan fingerprint density at radius 2 is 2.17 bits per heavy atom. The van der Waals surface area contributed by atoms with Gasteiger partial charge in [-0.15, -0.1) is 0 Å². The second-order valence-corrected chi connectivity index (χ2v) is 4.81. The van der Waals surface area contributed by atoms with Crippen molar-refractivity contribution in [1.29, 1.82) is 0 Å². The molecule has 1 atom stereocenters.